The van der Waals surface area contributed by atoms with Crippen LogP contribution in [0.2, 0.25) is 0 Å². The van der Waals surface area contributed by atoms with E-state index in [1.54, 1.807) is 11.8 Å². The van der Waals surface area contributed by atoms with Gasteiger partial charge in [-0.25, -0.2) is 0 Å². The van der Waals surface area contributed by atoms with Gasteiger partial charge in [0.2, 0.25) is 0 Å². The van der Waals surface area contributed by atoms with Crippen molar-refractivity contribution in [3.63, 3.8) is 0 Å². The highest BCUT2D eigenvalue weighted by Gasteiger charge is 1.75. The molecule has 0 nitrogen and oxygen atoms in total. The van der Waals surface area contributed by atoms with E-state index in [0.717, 1.165) is 12.8 Å². The Morgan fingerprint density at radius 2 is 1.36 bits per heavy atom. The zero-order chi connectivity index (χ0) is 8.36. The van der Waals surface area contributed by atoms with Crippen molar-refractivity contribution in [1.82, 2.24) is 0 Å². The van der Waals surface area contributed by atoms with E-state index in [1.165, 1.54) is 0 Å². The Morgan fingerprint density at radius 3 is 1.73 bits per heavy atom. The molecule has 0 amide bonds. The normalized spacial score (nSPS) is 11.8. The van der Waals surface area contributed by atoms with Crippen molar-refractivity contribution < 1.29 is 0 Å². The summed E-state index contributed by atoms with van der Waals surface area (Å²) in [6.45, 7) is 0. The maximum absolute atomic E-state index is 5.47. The molecule has 0 heterocycles. The van der Waals surface area contributed by atoms with Crippen LogP contribution in [0.5, 0.6) is 0 Å². The smallest absolute Gasteiger partial charge is 0.0258 e. The number of hydrogen-bond acceptors (Lipinski definition) is 1. The van der Waals surface area contributed by atoms with Crippen LogP contribution in [0.25, 0.3) is 0 Å². The van der Waals surface area contributed by atoms with E-state index in [2.05, 4.69) is 12.2 Å². The van der Waals surface area contributed by atoms with E-state index in [4.69, 9.17) is 23.2 Å². The molecule has 0 saturated carbocycles. The van der Waals surface area contributed by atoms with Crippen molar-refractivity contribution in [1.29, 1.82) is 0 Å². The summed E-state index contributed by atoms with van der Waals surface area (Å²) >= 11 is 12.6. The van der Waals surface area contributed by atoms with Gasteiger partial charge in [-0.15, -0.1) is 35.0 Å². The SMILES string of the molecule is ClCCC=CSC=CCCCl. The zero-order valence-electron chi connectivity index (χ0n) is 6.30. The summed E-state index contributed by atoms with van der Waals surface area (Å²) in [7, 11) is 0. The summed E-state index contributed by atoms with van der Waals surface area (Å²) in [6, 6.07) is 0. The fourth-order valence-corrected chi connectivity index (χ4v) is 1.26. The van der Waals surface area contributed by atoms with E-state index in [1.807, 2.05) is 10.8 Å². The van der Waals surface area contributed by atoms with E-state index in [9.17, 15) is 0 Å². The van der Waals surface area contributed by atoms with Gasteiger partial charge >= 0.3 is 0 Å². The molecule has 0 fully saturated rings. The monoisotopic (exact) mass is 210 g/mol. The fraction of sp³-hybridized carbons (Fsp3) is 0.500. The number of rotatable bonds is 6. The molecule has 0 aromatic carbocycles. The Bertz CT molecular complexity index is 107. The molecule has 0 rings (SSSR count). The third kappa shape index (κ3) is 10.4. The van der Waals surface area contributed by atoms with Crippen molar-refractivity contribution in [3.8, 4) is 0 Å². The van der Waals surface area contributed by atoms with E-state index in [0.29, 0.717) is 11.8 Å². The van der Waals surface area contributed by atoms with Gasteiger partial charge in [0.25, 0.3) is 0 Å². The second-order valence-electron chi connectivity index (χ2n) is 1.83. The molecule has 0 bridgehead atoms. The number of allylic oxidation sites excluding steroid dienone is 2. The van der Waals surface area contributed by atoms with Gasteiger partial charge in [-0.05, 0) is 23.7 Å². The highest BCUT2D eigenvalue weighted by molar-refractivity contribution is 8.04. The molecule has 0 N–H and O–H groups in total. The third-order valence-electron chi connectivity index (χ3n) is 0.901. The second kappa shape index (κ2) is 10.4. The molecule has 0 aromatic heterocycles. The predicted molar refractivity (Wildman–Crippen MR) is 56.5 cm³/mol. The third-order valence-corrected chi connectivity index (χ3v) is 2.04. The standard InChI is InChI=1S/C8H12Cl2S/c9-5-1-3-7-11-8-4-2-6-10/h3-4,7-8H,1-2,5-6H2. The first-order chi connectivity index (χ1) is 5.41. The average molecular weight is 211 g/mol. The van der Waals surface area contributed by atoms with E-state index in [-0.39, 0.29) is 0 Å². The molecule has 0 aromatic rings. The predicted octanol–water partition coefficient (Wildman–Crippen LogP) is 4.00. The summed E-state index contributed by atoms with van der Waals surface area (Å²) in [5.74, 6) is 1.39. The molecular formula is C8H12Cl2S. The molecule has 0 aliphatic heterocycles. The quantitative estimate of drug-likeness (QED) is 0.598. The molecule has 0 saturated heterocycles. The van der Waals surface area contributed by atoms with Crippen LogP contribution >= 0.6 is 35.0 Å². The van der Waals surface area contributed by atoms with Gasteiger partial charge in [-0.1, -0.05) is 12.2 Å². The number of halogens is 2. The molecule has 64 valence electrons. The Morgan fingerprint density at radius 1 is 0.909 bits per heavy atom. The molecule has 0 unspecified atom stereocenters. The molecule has 0 aliphatic rings. The summed E-state index contributed by atoms with van der Waals surface area (Å²) in [4.78, 5) is 0. The van der Waals surface area contributed by atoms with Crippen molar-refractivity contribution in [3.05, 3.63) is 23.0 Å². The Labute approximate surface area is 82.6 Å². The molecule has 11 heavy (non-hydrogen) atoms. The van der Waals surface area contributed by atoms with Crippen LogP contribution in [0.15, 0.2) is 23.0 Å². The topological polar surface area (TPSA) is 0 Å². The largest absolute Gasteiger partial charge is 0.126 e. The van der Waals surface area contributed by atoms with Gasteiger partial charge in [0.1, 0.15) is 0 Å². The van der Waals surface area contributed by atoms with Gasteiger partial charge in [0.15, 0.2) is 0 Å². The lowest BCUT2D eigenvalue weighted by Gasteiger charge is -1.83. The fourth-order valence-electron chi connectivity index (χ4n) is 0.419. The number of alkyl halides is 2. The molecule has 3 heteroatoms. The van der Waals surface area contributed by atoms with Crippen LogP contribution in [-0.4, -0.2) is 11.8 Å². The van der Waals surface area contributed by atoms with E-state index < -0.39 is 0 Å². The summed E-state index contributed by atoms with van der Waals surface area (Å²) in [5.41, 5.74) is 0. The maximum Gasteiger partial charge on any atom is 0.0258 e. The first kappa shape index (κ1) is 11.4. The Kier molecular flexibility index (Phi) is 10.8. The average Bonchev–Trinajstić information content (AvgIpc) is 2.03. The summed E-state index contributed by atoms with van der Waals surface area (Å²) < 4.78 is 0. The summed E-state index contributed by atoms with van der Waals surface area (Å²) in [5, 5.41) is 4.07. The van der Waals surface area contributed by atoms with Gasteiger partial charge < -0.3 is 0 Å². The minimum atomic E-state index is 0.697. The second-order valence-corrected chi connectivity index (χ2v) is 3.41. The lowest BCUT2D eigenvalue weighted by atomic mass is 10.5. The van der Waals surface area contributed by atoms with Crippen molar-refractivity contribution in [2.45, 2.75) is 12.8 Å². The zero-order valence-corrected chi connectivity index (χ0v) is 8.63. The molecular weight excluding hydrogens is 199 g/mol. The van der Waals surface area contributed by atoms with Gasteiger partial charge in [-0.3, -0.25) is 0 Å². The molecule has 0 spiro atoms. The highest BCUT2D eigenvalue weighted by atomic mass is 35.5. The van der Waals surface area contributed by atoms with Crippen molar-refractivity contribution in [2.24, 2.45) is 0 Å². The van der Waals surface area contributed by atoms with Crippen LogP contribution in [-0.2, 0) is 0 Å². The van der Waals surface area contributed by atoms with Crippen molar-refractivity contribution >= 4 is 35.0 Å². The van der Waals surface area contributed by atoms with Crippen LogP contribution in [0.1, 0.15) is 12.8 Å². The minimum absolute atomic E-state index is 0.697. The number of thioether (sulfide) groups is 1. The van der Waals surface area contributed by atoms with Crippen molar-refractivity contribution in [2.75, 3.05) is 11.8 Å². The Hall–Kier alpha value is 0.410. The van der Waals surface area contributed by atoms with Crippen LogP contribution < -0.4 is 0 Å². The summed E-state index contributed by atoms with van der Waals surface area (Å²) in [6.07, 6.45) is 6.00. The lowest BCUT2D eigenvalue weighted by molar-refractivity contribution is 1.24. The molecule has 0 aliphatic carbocycles. The first-order valence-corrected chi connectivity index (χ1v) is 5.50. The van der Waals surface area contributed by atoms with Crippen LogP contribution in [0.3, 0.4) is 0 Å². The van der Waals surface area contributed by atoms with E-state index >= 15 is 0 Å². The Balaban J connectivity index is 3.11. The van der Waals surface area contributed by atoms with Crippen LogP contribution in [0.4, 0.5) is 0 Å². The molecule has 0 atom stereocenters. The van der Waals surface area contributed by atoms with Gasteiger partial charge in [-0.2, -0.15) is 0 Å². The number of hydrogen-bond donors (Lipinski definition) is 0. The maximum atomic E-state index is 5.47. The highest BCUT2D eigenvalue weighted by Crippen LogP contribution is 2.05. The van der Waals surface area contributed by atoms with Crippen LogP contribution in [0, 0.1) is 0 Å². The first-order valence-electron chi connectivity index (χ1n) is 3.49. The minimum Gasteiger partial charge on any atom is -0.126 e. The van der Waals surface area contributed by atoms with Gasteiger partial charge in [0.05, 0.1) is 0 Å². The lowest BCUT2D eigenvalue weighted by Crippen LogP contribution is -1.64. The van der Waals surface area contributed by atoms with Gasteiger partial charge in [0, 0.05) is 11.8 Å². The molecule has 0 radical (unpaired) electrons.